The van der Waals surface area contributed by atoms with Crippen LogP contribution in [0, 0.1) is 12.8 Å². The first-order valence-electron chi connectivity index (χ1n) is 8.71. The third kappa shape index (κ3) is 3.06. The molecular formula is C19H26N4. The predicted molar refractivity (Wildman–Crippen MR) is 92.7 cm³/mol. The fraction of sp³-hybridized carbons (Fsp3) is 0.526. The highest BCUT2D eigenvalue weighted by molar-refractivity contribution is 5.39. The van der Waals surface area contributed by atoms with Crippen molar-refractivity contribution in [2.45, 2.75) is 32.4 Å². The van der Waals surface area contributed by atoms with Gasteiger partial charge in [0.05, 0.1) is 5.69 Å². The summed E-state index contributed by atoms with van der Waals surface area (Å²) in [5.74, 6) is 0.849. The molecule has 4 heteroatoms. The fourth-order valence-electron chi connectivity index (χ4n) is 4.25. The second-order valence-electron chi connectivity index (χ2n) is 7.31. The molecule has 23 heavy (non-hydrogen) atoms. The van der Waals surface area contributed by atoms with Crippen molar-refractivity contribution in [3.8, 4) is 5.69 Å². The van der Waals surface area contributed by atoms with Crippen molar-refractivity contribution in [2.75, 3.05) is 26.7 Å². The van der Waals surface area contributed by atoms with Gasteiger partial charge in [-0.05, 0) is 62.1 Å². The van der Waals surface area contributed by atoms with Crippen LogP contribution in [-0.2, 0) is 6.54 Å². The summed E-state index contributed by atoms with van der Waals surface area (Å²) in [7, 11) is 2.28. The van der Waals surface area contributed by atoms with E-state index >= 15 is 0 Å². The van der Waals surface area contributed by atoms with E-state index in [9.17, 15) is 0 Å². The molecule has 1 aromatic heterocycles. The van der Waals surface area contributed by atoms with Crippen LogP contribution in [0.25, 0.3) is 5.69 Å². The molecule has 5 rings (SSSR count). The van der Waals surface area contributed by atoms with Crippen LogP contribution < -0.4 is 0 Å². The number of benzene rings is 1. The van der Waals surface area contributed by atoms with Gasteiger partial charge in [-0.15, -0.1) is 0 Å². The van der Waals surface area contributed by atoms with Gasteiger partial charge in [-0.3, -0.25) is 4.90 Å². The van der Waals surface area contributed by atoms with Gasteiger partial charge in [0.2, 0.25) is 0 Å². The van der Waals surface area contributed by atoms with Gasteiger partial charge in [-0.1, -0.05) is 6.07 Å². The molecule has 0 N–H and O–H groups in total. The van der Waals surface area contributed by atoms with Gasteiger partial charge in [0, 0.05) is 44.6 Å². The Hall–Kier alpha value is -1.65. The summed E-state index contributed by atoms with van der Waals surface area (Å²) in [6.45, 7) is 7.06. The van der Waals surface area contributed by atoms with Gasteiger partial charge in [0.15, 0.2) is 0 Å². The standard InChI is InChI=1S/C19H26N4/c1-15-10-18(23-9-3-8-20-23)7-5-17(15)13-22-12-16-4-6-19(22)14-21(2)11-16/h3,5,7-10,16,19H,4,6,11-14H2,1-2H3/t16-,19+/m0/s1. The predicted octanol–water partition coefficient (Wildman–Crippen LogP) is 2.71. The van der Waals surface area contributed by atoms with Crippen LogP contribution in [0.3, 0.4) is 0 Å². The number of aryl methyl sites for hydroxylation is 1. The van der Waals surface area contributed by atoms with Crippen molar-refractivity contribution in [2.24, 2.45) is 5.92 Å². The van der Waals surface area contributed by atoms with Crippen LogP contribution in [0.2, 0.25) is 0 Å². The molecule has 4 heterocycles. The van der Waals surface area contributed by atoms with Crippen molar-refractivity contribution >= 4 is 0 Å². The number of hydrogen-bond donors (Lipinski definition) is 0. The Morgan fingerprint density at radius 2 is 2.09 bits per heavy atom. The van der Waals surface area contributed by atoms with Crippen LogP contribution in [0.5, 0.6) is 0 Å². The first-order valence-corrected chi connectivity index (χ1v) is 8.71. The molecule has 3 aliphatic heterocycles. The zero-order chi connectivity index (χ0) is 15.8. The summed E-state index contributed by atoms with van der Waals surface area (Å²) in [5, 5.41) is 4.33. The van der Waals surface area contributed by atoms with E-state index in [1.54, 1.807) is 0 Å². The largest absolute Gasteiger partial charge is 0.304 e. The zero-order valence-electron chi connectivity index (χ0n) is 14.2. The Kier molecular flexibility index (Phi) is 3.95. The average molecular weight is 310 g/mol. The minimum Gasteiger partial charge on any atom is -0.304 e. The molecule has 2 atom stereocenters. The first-order chi connectivity index (χ1) is 11.2. The Labute approximate surface area is 138 Å². The molecule has 3 aliphatic rings. The van der Waals surface area contributed by atoms with E-state index in [-0.39, 0.29) is 0 Å². The third-order valence-corrected chi connectivity index (χ3v) is 5.48. The maximum absolute atomic E-state index is 4.33. The summed E-state index contributed by atoms with van der Waals surface area (Å²) in [5.41, 5.74) is 3.97. The molecule has 0 unspecified atom stereocenters. The highest BCUT2D eigenvalue weighted by Gasteiger charge is 2.33. The lowest BCUT2D eigenvalue weighted by atomic mass is 9.94. The number of aromatic nitrogens is 2. The summed E-state index contributed by atoms with van der Waals surface area (Å²) < 4.78 is 1.93. The Morgan fingerprint density at radius 3 is 2.87 bits per heavy atom. The van der Waals surface area contributed by atoms with E-state index in [1.165, 1.54) is 43.6 Å². The van der Waals surface area contributed by atoms with E-state index in [2.05, 4.69) is 47.1 Å². The highest BCUT2D eigenvalue weighted by Crippen LogP contribution is 2.29. The van der Waals surface area contributed by atoms with Crippen LogP contribution in [0.4, 0.5) is 0 Å². The van der Waals surface area contributed by atoms with Gasteiger partial charge < -0.3 is 4.90 Å². The topological polar surface area (TPSA) is 24.3 Å². The minimum atomic E-state index is 0.726. The third-order valence-electron chi connectivity index (χ3n) is 5.48. The van der Waals surface area contributed by atoms with Crippen LogP contribution >= 0.6 is 0 Å². The van der Waals surface area contributed by atoms with Crippen molar-refractivity contribution in [1.82, 2.24) is 19.6 Å². The molecule has 0 saturated carbocycles. The van der Waals surface area contributed by atoms with Crippen LogP contribution in [0.1, 0.15) is 24.0 Å². The first kappa shape index (κ1) is 14.9. The second kappa shape index (κ2) is 6.10. The van der Waals surface area contributed by atoms with Gasteiger partial charge in [0.25, 0.3) is 0 Å². The number of fused-ring (bicyclic) bond motifs is 4. The lowest BCUT2D eigenvalue weighted by molar-refractivity contribution is 0.124. The molecule has 1 aromatic carbocycles. The van der Waals surface area contributed by atoms with Crippen LogP contribution in [0.15, 0.2) is 36.7 Å². The summed E-state index contributed by atoms with van der Waals surface area (Å²) in [6.07, 6.45) is 6.59. The van der Waals surface area contributed by atoms with Crippen molar-refractivity contribution < 1.29 is 0 Å². The van der Waals surface area contributed by atoms with Gasteiger partial charge >= 0.3 is 0 Å². The molecule has 2 aromatic rings. The Balaban J connectivity index is 1.53. The van der Waals surface area contributed by atoms with Gasteiger partial charge in [-0.25, -0.2) is 4.68 Å². The minimum absolute atomic E-state index is 0.726. The summed E-state index contributed by atoms with van der Waals surface area (Å²) >= 11 is 0. The lowest BCUT2D eigenvalue weighted by Gasteiger charge is -2.36. The van der Waals surface area contributed by atoms with Gasteiger partial charge in [-0.2, -0.15) is 5.10 Å². The summed E-state index contributed by atoms with van der Waals surface area (Å²) in [4.78, 5) is 5.24. The fourth-order valence-corrected chi connectivity index (χ4v) is 4.25. The number of nitrogens with zero attached hydrogens (tertiary/aromatic N) is 4. The molecule has 0 amide bonds. The van der Waals surface area contributed by atoms with E-state index in [1.807, 2.05) is 23.1 Å². The normalized spacial score (nSPS) is 25.7. The van der Waals surface area contributed by atoms with E-state index in [0.29, 0.717) is 0 Å². The highest BCUT2D eigenvalue weighted by atomic mass is 15.3. The number of rotatable bonds is 3. The SMILES string of the molecule is Cc1cc(-n2cccn2)ccc1CN1C[C@H]2CC[C@@H]1CN(C)C2. The average Bonchev–Trinajstić information content (AvgIpc) is 2.95. The molecule has 3 saturated heterocycles. The summed E-state index contributed by atoms with van der Waals surface area (Å²) in [6, 6.07) is 9.42. The van der Waals surface area contributed by atoms with Gasteiger partial charge in [0.1, 0.15) is 0 Å². The van der Waals surface area contributed by atoms with Crippen molar-refractivity contribution in [3.63, 3.8) is 0 Å². The molecule has 0 radical (unpaired) electrons. The molecular weight excluding hydrogens is 284 g/mol. The van der Waals surface area contributed by atoms with E-state index in [4.69, 9.17) is 0 Å². The molecule has 4 nitrogen and oxygen atoms in total. The Bertz CT molecular complexity index is 664. The second-order valence-corrected chi connectivity index (χ2v) is 7.31. The smallest absolute Gasteiger partial charge is 0.0648 e. The number of likely N-dealkylation sites (N-methyl/N-ethyl adjacent to an activating group) is 1. The monoisotopic (exact) mass is 310 g/mol. The molecule has 122 valence electrons. The molecule has 0 aliphatic carbocycles. The van der Waals surface area contributed by atoms with Crippen LogP contribution in [-0.4, -0.2) is 52.3 Å². The number of piperidine rings is 1. The molecule has 0 spiro atoms. The molecule has 2 bridgehead atoms. The maximum Gasteiger partial charge on any atom is 0.0648 e. The maximum atomic E-state index is 4.33. The quantitative estimate of drug-likeness (QED) is 0.871. The van der Waals surface area contributed by atoms with E-state index in [0.717, 1.165) is 24.2 Å². The van der Waals surface area contributed by atoms with E-state index < -0.39 is 0 Å². The lowest BCUT2D eigenvalue weighted by Crippen LogP contribution is -2.43. The van der Waals surface area contributed by atoms with Crippen molar-refractivity contribution in [3.05, 3.63) is 47.8 Å². The number of hydrogen-bond acceptors (Lipinski definition) is 3. The zero-order valence-corrected chi connectivity index (χ0v) is 14.2. The molecule has 3 fully saturated rings. The van der Waals surface area contributed by atoms with Crippen molar-refractivity contribution in [1.29, 1.82) is 0 Å². The Morgan fingerprint density at radius 1 is 1.17 bits per heavy atom.